The first-order valence-corrected chi connectivity index (χ1v) is 8.68. The summed E-state index contributed by atoms with van der Waals surface area (Å²) in [5, 5.41) is 3.37. The van der Waals surface area contributed by atoms with E-state index in [-0.39, 0.29) is 11.5 Å². The lowest BCUT2D eigenvalue weighted by Gasteiger charge is -2.11. The van der Waals surface area contributed by atoms with Crippen LogP contribution in [0.2, 0.25) is 0 Å². The number of hydrogen-bond donors (Lipinski definition) is 1. The van der Waals surface area contributed by atoms with Crippen molar-refractivity contribution in [1.82, 2.24) is 9.55 Å². The van der Waals surface area contributed by atoms with Gasteiger partial charge in [-0.1, -0.05) is 24.3 Å². The fourth-order valence-electron chi connectivity index (χ4n) is 2.97. The zero-order valence-corrected chi connectivity index (χ0v) is 15.1. The van der Waals surface area contributed by atoms with Gasteiger partial charge in [0, 0.05) is 5.56 Å². The van der Waals surface area contributed by atoms with E-state index in [1.54, 1.807) is 61.7 Å². The molecule has 0 bridgehead atoms. The molecule has 0 atom stereocenters. The van der Waals surface area contributed by atoms with Crippen LogP contribution < -0.4 is 15.6 Å². The van der Waals surface area contributed by atoms with Gasteiger partial charge in [-0.3, -0.25) is 14.2 Å². The van der Waals surface area contributed by atoms with E-state index in [1.807, 2.05) is 18.2 Å². The van der Waals surface area contributed by atoms with Crippen LogP contribution >= 0.6 is 0 Å². The minimum atomic E-state index is -0.264. The Morgan fingerprint density at radius 3 is 2.46 bits per heavy atom. The fraction of sp³-hybridized carbons (Fsp3) is 0.0455. The Labute approximate surface area is 161 Å². The second-order valence-corrected chi connectivity index (χ2v) is 6.14. The Bertz CT molecular complexity index is 1210. The zero-order valence-electron chi connectivity index (χ0n) is 15.1. The van der Waals surface area contributed by atoms with E-state index in [2.05, 4.69) is 10.3 Å². The molecule has 1 aromatic heterocycles. The highest BCUT2D eigenvalue weighted by Crippen LogP contribution is 2.23. The summed E-state index contributed by atoms with van der Waals surface area (Å²) in [5.74, 6) is 0.321. The number of anilines is 1. The lowest BCUT2D eigenvalue weighted by atomic mass is 10.1. The maximum atomic E-state index is 12.7. The number of methoxy groups -OCH3 is 1. The number of aromatic nitrogens is 2. The van der Waals surface area contributed by atoms with Crippen LogP contribution in [-0.4, -0.2) is 22.6 Å². The molecule has 0 spiro atoms. The molecular weight excluding hydrogens is 354 g/mol. The van der Waals surface area contributed by atoms with Crippen LogP contribution in [0, 0.1) is 0 Å². The van der Waals surface area contributed by atoms with E-state index < -0.39 is 0 Å². The van der Waals surface area contributed by atoms with Gasteiger partial charge in [-0.2, -0.15) is 0 Å². The number of ether oxygens (including phenoxy) is 1. The van der Waals surface area contributed by atoms with Crippen molar-refractivity contribution in [3.8, 4) is 11.4 Å². The van der Waals surface area contributed by atoms with Gasteiger partial charge in [0.1, 0.15) is 12.1 Å². The minimum absolute atomic E-state index is 0.156. The number of hydrogen-bond acceptors (Lipinski definition) is 4. The number of rotatable bonds is 4. The normalized spacial score (nSPS) is 10.6. The lowest BCUT2D eigenvalue weighted by Crippen LogP contribution is -2.19. The van der Waals surface area contributed by atoms with E-state index in [0.29, 0.717) is 33.6 Å². The van der Waals surface area contributed by atoms with Gasteiger partial charge in [-0.15, -0.1) is 0 Å². The van der Waals surface area contributed by atoms with Crippen molar-refractivity contribution in [1.29, 1.82) is 0 Å². The molecular formula is C22H17N3O3. The number of benzene rings is 3. The molecule has 28 heavy (non-hydrogen) atoms. The molecule has 6 nitrogen and oxygen atoms in total. The largest absolute Gasteiger partial charge is 0.495 e. The van der Waals surface area contributed by atoms with E-state index >= 15 is 0 Å². The predicted octanol–water partition coefficient (Wildman–Crippen LogP) is 3.65. The Kier molecular flexibility index (Phi) is 4.60. The van der Waals surface area contributed by atoms with Crippen LogP contribution in [0.25, 0.3) is 16.6 Å². The summed E-state index contributed by atoms with van der Waals surface area (Å²) >= 11 is 0. The maximum Gasteiger partial charge on any atom is 0.265 e. The number of nitrogens with zero attached hydrogens (tertiary/aromatic N) is 2. The highest BCUT2D eigenvalue weighted by molar-refractivity contribution is 6.05. The molecule has 6 heteroatoms. The van der Waals surface area contributed by atoms with Crippen molar-refractivity contribution < 1.29 is 9.53 Å². The average Bonchev–Trinajstić information content (AvgIpc) is 2.75. The predicted molar refractivity (Wildman–Crippen MR) is 108 cm³/mol. The summed E-state index contributed by atoms with van der Waals surface area (Å²) in [4.78, 5) is 29.5. The standard InChI is InChI=1S/C22H17N3O3/c1-28-20-9-5-4-8-19(20)24-21(26)15-10-12-16(13-11-15)25-14-23-18-7-3-2-6-17(18)22(25)27/h2-14H,1H3,(H,24,26). The molecule has 4 rings (SSSR count). The SMILES string of the molecule is COc1ccccc1NC(=O)c1ccc(-n2cnc3ccccc3c2=O)cc1. The fourth-order valence-corrected chi connectivity index (χ4v) is 2.97. The number of para-hydroxylation sites is 3. The molecule has 4 aromatic rings. The van der Waals surface area contributed by atoms with Crippen molar-refractivity contribution >= 4 is 22.5 Å². The Hall–Kier alpha value is -3.93. The first-order chi connectivity index (χ1) is 13.7. The third-order valence-electron chi connectivity index (χ3n) is 4.43. The second-order valence-electron chi connectivity index (χ2n) is 6.14. The number of carbonyl (C=O) groups is 1. The first-order valence-electron chi connectivity index (χ1n) is 8.68. The zero-order chi connectivity index (χ0) is 19.5. The van der Waals surface area contributed by atoms with Crippen molar-refractivity contribution in [3.63, 3.8) is 0 Å². The molecule has 138 valence electrons. The molecule has 0 aliphatic rings. The van der Waals surface area contributed by atoms with Gasteiger partial charge < -0.3 is 10.1 Å². The van der Waals surface area contributed by atoms with E-state index in [9.17, 15) is 9.59 Å². The average molecular weight is 371 g/mol. The Morgan fingerprint density at radius 1 is 0.964 bits per heavy atom. The summed E-state index contributed by atoms with van der Waals surface area (Å²) in [6, 6.07) is 21.2. The third-order valence-corrected chi connectivity index (χ3v) is 4.43. The summed E-state index contributed by atoms with van der Waals surface area (Å²) in [7, 11) is 1.55. The molecule has 0 aliphatic carbocycles. The van der Waals surface area contributed by atoms with E-state index in [1.165, 1.54) is 10.9 Å². The molecule has 0 unspecified atom stereocenters. The molecule has 3 aromatic carbocycles. The summed E-state index contributed by atoms with van der Waals surface area (Å²) < 4.78 is 6.71. The lowest BCUT2D eigenvalue weighted by molar-refractivity contribution is 0.102. The van der Waals surface area contributed by atoms with Crippen molar-refractivity contribution in [2.24, 2.45) is 0 Å². The highest BCUT2D eigenvalue weighted by Gasteiger charge is 2.10. The summed E-state index contributed by atoms with van der Waals surface area (Å²) in [6.45, 7) is 0. The molecule has 0 fully saturated rings. The summed E-state index contributed by atoms with van der Waals surface area (Å²) in [5.41, 5.74) is 2.19. The third kappa shape index (κ3) is 3.23. The van der Waals surface area contributed by atoms with Crippen molar-refractivity contribution in [3.05, 3.63) is 95.0 Å². The number of carbonyl (C=O) groups excluding carboxylic acids is 1. The topological polar surface area (TPSA) is 73.2 Å². The van der Waals surface area contributed by atoms with Gasteiger partial charge in [-0.25, -0.2) is 4.98 Å². The van der Waals surface area contributed by atoms with Gasteiger partial charge in [0.05, 0.1) is 29.4 Å². The first kappa shape index (κ1) is 17.5. The smallest absolute Gasteiger partial charge is 0.265 e. The van der Waals surface area contributed by atoms with Crippen LogP contribution in [0.1, 0.15) is 10.4 Å². The monoisotopic (exact) mass is 371 g/mol. The van der Waals surface area contributed by atoms with Gasteiger partial charge in [0.15, 0.2) is 0 Å². The molecule has 0 saturated heterocycles. The molecule has 1 N–H and O–H groups in total. The Morgan fingerprint density at radius 2 is 1.68 bits per heavy atom. The Balaban J connectivity index is 1.61. The van der Waals surface area contributed by atoms with Crippen molar-refractivity contribution in [2.45, 2.75) is 0 Å². The van der Waals surface area contributed by atoms with Crippen LogP contribution in [0.4, 0.5) is 5.69 Å². The van der Waals surface area contributed by atoms with Gasteiger partial charge in [0.25, 0.3) is 11.5 Å². The van der Waals surface area contributed by atoms with Crippen LogP contribution in [0.5, 0.6) is 5.75 Å². The van der Waals surface area contributed by atoms with Crippen LogP contribution in [0.15, 0.2) is 83.9 Å². The minimum Gasteiger partial charge on any atom is -0.495 e. The molecule has 0 radical (unpaired) electrons. The molecule has 1 heterocycles. The quantitative estimate of drug-likeness (QED) is 0.594. The number of fused-ring (bicyclic) bond motifs is 1. The second kappa shape index (κ2) is 7.36. The van der Waals surface area contributed by atoms with Gasteiger partial charge >= 0.3 is 0 Å². The van der Waals surface area contributed by atoms with Crippen LogP contribution in [0.3, 0.4) is 0 Å². The van der Waals surface area contributed by atoms with Crippen LogP contribution in [-0.2, 0) is 0 Å². The van der Waals surface area contributed by atoms with E-state index in [4.69, 9.17) is 4.74 Å². The summed E-state index contributed by atoms with van der Waals surface area (Å²) in [6.07, 6.45) is 1.49. The van der Waals surface area contributed by atoms with E-state index in [0.717, 1.165) is 0 Å². The number of amides is 1. The van der Waals surface area contributed by atoms with Crippen molar-refractivity contribution in [2.75, 3.05) is 12.4 Å². The molecule has 1 amide bonds. The highest BCUT2D eigenvalue weighted by atomic mass is 16.5. The molecule has 0 aliphatic heterocycles. The van der Waals surface area contributed by atoms with Gasteiger partial charge in [-0.05, 0) is 48.5 Å². The van der Waals surface area contributed by atoms with Gasteiger partial charge in [0.2, 0.25) is 0 Å². The number of nitrogens with one attached hydrogen (secondary N) is 1. The maximum absolute atomic E-state index is 12.7. The molecule has 0 saturated carbocycles.